The predicted molar refractivity (Wildman–Crippen MR) is 82.9 cm³/mol. The van der Waals surface area contributed by atoms with Crippen LogP contribution in [-0.4, -0.2) is 44.9 Å². The second-order valence-electron chi connectivity index (χ2n) is 6.36. The van der Waals surface area contributed by atoms with E-state index < -0.39 is 10.0 Å². The molecular formula is C16H25N2O2S+. The number of quaternary nitrogens is 1. The average Bonchev–Trinajstić information content (AvgIpc) is 3.02. The zero-order valence-corrected chi connectivity index (χ0v) is 13.5. The number of hydrogen-bond acceptors (Lipinski definition) is 2. The van der Waals surface area contributed by atoms with E-state index in [0.29, 0.717) is 18.0 Å². The monoisotopic (exact) mass is 309 g/mol. The number of aryl methyl sites for hydroxylation is 1. The minimum atomic E-state index is -3.31. The normalized spacial score (nSPS) is 22.7. The Morgan fingerprint density at radius 1 is 1.05 bits per heavy atom. The Kier molecular flexibility index (Phi) is 4.33. The van der Waals surface area contributed by atoms with Gasteiger partial charge in [0.1, 0.15) is 0 Å². The summed E-state index contributed by atoms with van der Waals surface area (Å²) in [6.45, 7) is 5.19. The molecule has 0 spiro atoms. The number of piperazine rings is 1. The summed E-state index contributed by atoms with van der Waals surface area (Å²) in [6.07, 6.45) is 5.33. The fourth-order valence-corrected chi connectivity index (χ4v) is 5.06. The van der Waals surface area contributed by atoms with Gasteiger partial charge in [0.2, 0.25) is 10.0 Å². The molecule has 0 bridgehead atoms. The lowest BCUT2D eigenvalue weighted by atomic mass is 10.2. The summed E-state index contributed by atoms with van der Waals surface area (Å²) in [5, 5.41) is 0. The van der Waals surface area contributed by atoms with Crippen LogP contribution in [0.25, 0.3) is 0 Å². The van der Waals surface area contributed by atoms with Crippen molar-refractivity contribution in [3.8, 4) is 0 Å². The van der Waals surface area contributed by atoms with E-state index in [4.69, 9.17) is 0 Å². The molecule has 21 heavy (non-hydrogen) atoms. The Morgan fingerprint density at radius 3 is 2.19 bits per heavy atom. The van der Waals surface area contributed by atoms with Gasteiger partial charge in [-0.15, -0.1) is 0 Å². The van der Waals surface area contributed by atoms with Crippen molar-refractivity contribution in [2.24, 2.45) is 0 Å². The molecule has 0 unspecified atom stereocenters. The SMILES string of the molecule is Cc1ccc(S(=O)(=O)N2CC[NH+](C3CCCC3)CC2)cc1. The van der Waals surface area contributed by atoms with Crippen molar-refractivity contribution in [2.45, 2.75) is 43.5 Å². The van der Waals surface area contributed by atoms with E-state index in [9.17, 15) is 8.42 Å². The highest BCUT2D eigenvalue weighted by atomic mass is 32.2. The van der Waals surface area contributed by atoms with Crippen LogP contribution in [0.3, 0.4) is 0 Å². The van der Waals surface area contributed by atoms with E-state index in [2.05, 4.69) is 0 Å². The molecule has 0 atom stereocenters. The Morgan fingerprint density at radius 2 is 1.62 bits per heavy atom. The number of sulfonamides is 1. The fourth-order valence-electron chi connectivity index (χ4n) is 3.62. The van der Waals surface area contributed by atoms with E-state index in [-0.39, 0.29) is 0 Å². The van der Waals surface area contributed by atoms with Crippen LogP contribution in [0.1, 0.15) is 31.2 Å². The maximum Gasteiger partial charge on any atom is 0.243 e. The van der Waals surface area contributed by atoms with Gasteiger partial charge in [-0.3, -0.25) is 0 Å². The van der Waals surface area contributed by atoms with Gasteiger partial charge in [0.05, 0.1) is 37.1 Å². The van der Waals surface area contributed by atoms with Crippen LogP contribution < -0.4 is 4.90 Å². The largest absolute Gasteiger partial charge is 0.330 e. The van der Waals surface area contributed by atoms with Crippen LogP contribution in [0.15, 0.2) is 29.2 Å². The highest BCUT2D eigenvalue weighted by Crippen LogP contribution is 2.18. The van der Waals surface area contributed by atoms with Crippen LogP contribution in [0.2, 0.25) is 0 Å². The second kappa shape index (κ2) is 6.07. The zero-order valence-electron chi connectivity index (χ0n) is 12.7. The molecule has 0 aromatic heterocycles. The van der Waals surface area contributed by atoms with Crippen molar-refractivity contribution >= 4 is 10.0 Å². The molecule has 1 aliphatic carbocycles. The molecule has 1 saturated heterocycles. The van der Waals surface area contributed by atoms with E-state index in [0.717, 1.165) is 24.7 Å². The molecule has 0 radical (unpaired) electrons. The molecule has 1 N–H and O–H groups in total. The van der Waals surface area contributed by atoms with Crippen molar-refractivity contribution in [3.05, 3.63) is 29.8 Å². The van der Waals surface area contributed by atoms with Crippen molar-refractivity contribution in [3.63, 3.8) is 0 Å². The van der Waals surface area contributed by atoms with Gasteiger partial charge < -0.3 is 4.90 Å². The summed E-state index contributed by atoms with van der Waals surface area (Å²) in [4.78, 5) is 2.04. The zero-order chi connectivity index (χ0) is 14.9. The first kappa shape index (κ1) is 15.0. The fraction of sp³-hybridized carbons (Fsp3) is 0.625. The number of nitrogens with zero attached hydrogens (tertiary/aromatic N) is 1. The van der Waals surface area contributed by atoms with Crippen molar-refractivity contribution in [2.75, 3.05) is 26.2 Å². The average molecular weight is 309 g/mol. The summed E-state index contributed by atoms with van der Waals surface area (Å²) in [7, 11) is -3.31. The standard InChI is InChI=1S/C16H24N2O2S/c1-14-6-8-16(9-7-14)21(19,20)18-12-10-17(11-13-18)15-4-2-3-5-15/h6-9,15H,2-5,10-13H2,1H3/p+1. The Balaban J connectivity index is 1.66. The van der Waals surface area contributed by atoms with Gasteiger partial charge >= 0.3 is 0 Å². The molecule has 116 valence electrons. The second-order valence-corrected chi connectivity index (χ2v) is 8.29. The lowest BCUT2D eigenvalue weighted by Gasteiger charge is -2.34. The van der Waals surface area contributed by atoms with Gasteiger partial charge in [-0.1, -0.05) is 17.7 Å². The molecule has 0 amide bonds. The quantitative estimate of drug-likeness (QED) is 0.898. The van der Waals surface area contributed by atoms with Crippen molar-refractivity contribution < 1.29 is 13.3 Å². The Bertz CT molecular complexity index is 569. The highest BCUT2D eigenvalue weighted by molar-refractivity contribution is 7.89. The summed E-state index contributed by atoms with van der Waals surface area (Å²) < 4.78 is 26.9. The molecule has 2 fully saturated rings. The molecular weight excluding hydrogens is 284 g/mol. The summed E-state index contributed by atoms with van der Waals surface area (Å²) in [5.74, 6) is 0. The third-order valence-corrected chi connectivity index (χ3v) is 6.87. The van der Waals surface area contributed by atoms with E-state index in [1.807, 2.05) is 19.1 Å². The summed E-state index contributed by atoms with van der Waals surface area (Å²) >= 11 is 0. The van der Waals surface area contributed by atoms with Gasteiger partial charge in [0.25, 0.3) is 0 Å². The van der Waals surface area contributed by atoms with E-state index in [1.165, 1.54) is 25.7 Å². The van der Waals surface area contributed by atoms with Crippen LogP contribution in [0.4, 0.5) is 0 Å². The molecule has 1 aromatic carbocycles. The first-order valence-electron chi connectivity index (χ1n) is 7.99. The number of nitrogens with one attached hydrogen (secondary N) is 1. The van der Waals surface area contributed by atoms with Gasteiger partial charge in [-0.05, 0) is 44.7 Å². The molecule has 3 rings (SSSR count). The van der Waals surface area contributed by atoms with Crippen LogP contribution in [0, 0.1) is 6.92 Å². The molecule has 1 aromatic rings. The molecule has 1 saturated carbocycles. The lowest BCUT2D eigenvalue weighted by Crippen LogP contribution is -3.18. The molecule has 1 aliphatic heterocycles. The lowest BCUT2D eigenvalue weighted by molar-refractivity contribution is -0.928. The van der Waals surface area contributed by atoms with Crippen molar-refractivity contribution in [1.29, 1.82) is 0 Å². The van der Waals surface area contributed by atoms with Crippen LogP contribution >= 0.6 is 0 Å². The minimum absolute atomic E-state index is 0.428. The van der Waals surface area contributed by atoms with Crippen LogP contribution in [0.5, 0.6) is 0 Å². The van der Waals surface area contributed by atoms with Gasteiger partial charge in [0, 0.05) is 0 Å². The molecule has 4 nitrogen and oxygen atoms in total. The molecule has 2 aliphatic rings. The maximum atomic E-state index is 12.6. The Hall–Kier alpha value is -0.910. The Labute approximate surface area is 127 Å². The third-order valence-electron chi connectivity index (χ3n) is 4.96. The first-order valence-corrected chi connectivity index (χ1v) is 9.43. The summed E-state index contributed by atoms with van der Waals surface area (Å²) in [5.41, 5.74) is 1.09. The molecule has 5 heteroatoms. The smallest absolute Gasteiger partial charge is 0.243 e. The first-order chi connectivity index (χ1) is 10.1. The number of rotatable bonds is 3. The minimum Gasteiger partial charge on any atom is -0.330 e. The van der Waals surface area contributed by atoms with Gasteiger partial charge in [-0.2, -0.15) is 4.31 Å². The number of hydrogen-bond donors (Lipinski definition) is 1. The topological polar surface area (TPSA) is 41.8 Å². The van der Waals surface area contributed by atoms with Crippen molar-refractivity contribution in [1.82, 2.24) is 4.31 Å². The van der Waals surface area contributed by atoms with Crippen LogP contribution in [-0.2, 0) is 10.0 Å². The number of benzene rings is 1. The maximum absolute atomic E-state index is 12.6. The van der Waals surface area contributed by atoms with E-state index in [1.54, 1.807) is 21.3 Å². The predicted octanol–water partition coefficient (Wildman–Crippen LogP) is 0.827. The van der Waals surface area contributed by atoms with Gasteiger partial charge in [-0.25, -0.2) is 8.42 Å². The highest BCUT2D eigenvalue weighted by Gasteiger charge is 2.34. The van der Waals surface area contributed by atoms with Gasteiger partial charge in [0.15, 0.2) is 0 Å². The van der Waals surface area contributed by atoms with E-state index >= 15 is 0 Å². The molecule has 1 heterocycles. The summed E-state index contributed by atoms with van der Waals surface area (Å²) in [6, 6.07) is 7.95. The third kappa shape index (κ3) is 3.15.